The van der Waals surface area contributed by atoms with Crippen LogP contribution in [0.3, 0.4) is 0 Å². The fourth-order valence-corrected chi connectivity index (χ4v) is 1.32. The molecule has 0 atom stereocenters. The van der Waals surface area contributed by atoms with Gasteiger partial charge >= 0.3 is 0 Å². The van der Waals surface area contributed by atoms with Gasteiger partial charge in [0.05, 0.1) is 0 Å². The second-order valence-electron chi connectivity index (χ2n) is 3.73. The molecule has 0 aliphatic rings. The third-order valence-electron chi connectivity index (χ3n) is 2.36. The third kappa shape index (κ3) is 18.6. The van der Waals surface area contributed by atoms with Gasteiger partial charge in [-0.05, 0) is 23.1 Å². The molecule has 0 saturated carbocycles. The average Bonchev–Trinajstić information content (AvgIpc) is 2.73. The molecule has 0 radical (unpaired) electrons. The van der Waals surface area contributed by atoms with Gasteiger partial charge in [0, 0.05) is 0 Å². The van der Waals surface area contributed by atoms with E-state index in [0.717, 1.165) is 0 Å². The van der Waals surface area contributed by atoms with Gasteiger partial charge in [0.2, 0.25) is 0 Å². The van der Waals surface area contributed by atoms with Crippen molar-refractivity contribution >= 4 is 23.9 Å². The Morgan fingerprint density at radius 1 is 0.625 bits per heavy atom. The monoisotopic (exact) mass is 346 g/mol. The van der Waals surface area contributed by atoms with E-state index in [-0.39, 0.29) is 0 Å². The largest absolute Gasteiger partial charge is 0.166 e. The van der Waals surface area contributed by atoms with Crippen molar-refractivity contribution in [3.63, 3.8) is 0 Å². The van der Waals surface area contributed by atoms with E-state index >= 15 is 0 Å². The fraction of sp³-hybridized carbons (Fsp3) is 0.391. The van der Waals surface area contributed by atoms with Crippen molar-refractivity contribution in [3.05, 3.63) is 71.8 Å². The first-order valence-corrected chi connectivity index (χ1v) is 10.5. The predicted molar refractivity (Wildman–Crippen MR) is 120 cm³/mol. The molecule has 0 spiro atoms. The Labute approximate surface area is 156 Å². The van der Waals surface area contributed by atoms with Crippen molar-refractivity contribution in [1.82, 2.24) is 0 Å². The molecule has 24 heavy (non-hydrogen) atoms. The lowest BCUT2D eigenvalue weighted by Crippen LogP contribution is -1.70. The molecule has 0 fully saturated rings. The first kappa shape index (κ1) is 27.4. The second kappa shape index (κ2) is 26.4. The van der Waals surface area contributed by atoms with Crippen LogP contribution in [-0.4, -0.2) is 12.0 Å². The Kier molecular flexibility index (Phi) is 30.2. The summed E-state index contributed by atoms with van der Waals surface area (Å²) in [5, 5.41) is 0. The van der Waals surface area contributed by atoms with Crippen molar-refractivity contribution in [2.75, 3.05) is 12.0 Å². The van der Waals surface area contributed by atoms with Crippen LogP contribution < -0.4 is 0 Å². The van der Waals surface area contributed by atoms with E-state index in [0.29, 0.717) is 0 Å². The average molecular weight is 347 g/mol. The van der Waals surface area contributed by atoms with E-state index in [4.69, 9.17) is 0 Å². The molecular weight excluding hydrogens is 308 g/mol. The summed E-state index contributed by atoms with van der Waals surface area (Å²) in [6.45, 7) is 14.1. The zero-order chi connectivity index (χ0) is 19.1. The van der Waals surface area contributed by atoms with Gasteiger partial charge in [-0.15, -0.1) is 0 Å². The Hall–Kier alpha value is -1.47. The Morgan fingerprint density at radius 2 is 0.875 bits per heavy atom. The van der Waals surface area contributed by atoms with Crippen molar-refractivity contribution in [3.8, 4) is 0 Å². The molecular formula is C23H38S. The van der Waals surface area contributed by atoms with E-state index in [1.807, 2.05) is 89.7 Å². The minimum atomic E-state index is 1.23. The lowest BCUT2D eigenvalue weighted by Gasteiger charge is -1.92. The van der Waals surface area contributed by atoms with Crippen molar-refractivity contribution in [1.29, 1.82) is 0 Å². The molecule has 0 nitrogen and oxygen atoms in total. The zero-order valence-corrected chi connectivity index (χ0v) is 17.9. The summed E-state index contributed by atoms with van der Waals surface area (Å²) in [6.07, 6.45) is 6.34. The number of benzene rings is 2. The molecule has 2 rings (SSSR count). The number of hydrogen-bond donors (Lipinski definition) is 0. The standard InChI is InChI=1S/C14H12.C3H8S.3C2H6/c1-3-7-13(8-4-1)11-12-14-9-5-2-6-10-14;1-3-4-2;3*1-2/h1-12H;3H2,1-2H3;3*1-2H3/b12-11+;;;;. The summed E-state index contributed by atoms with van der Waals surface area (Å²) in [5.74, 6) is 1.24. The molecule has 136 valence electrons. The highest BCUT2D eigenvalue weighted by molar-refractivity contribution is 7.98. The van der Waals surface area contributed by atoms with Crippen LogP contribution in [0.4, 0.5) is 0 Å². The van der Waals surface area contributed by atoms with Crippen LogP contribution >= 0.6 is 11.8 Å². The summed E-state index contributed by atoms with van der Waals surface area (Å²) >= 11 is 1.86. The maximum atomic E-state index is 2.14. The Bertz CT molecular complexity index is 389. The van der Waals surface area contributed by atoms with Crippen molar-refractivity contribution in [2.24, 2.45) is 0 Å². The fourth-order valence-electron chi connectivity index (χ4n) is 1.32. The number of thioether (sulfide) groups is 1. The molecule has 2 aromatic rings. The molecule has 0 unspecified atom stereocenters. The smallest absolute Gasteiger partial charge is 0.00988 e. The maximum Gasteiger partial charge on any atom is -0.00988 e. The van der Waals surface area contributed by atoms with Gasteiger partial charge in [-0.1, -0.05) is 121 Å². The SMILES string of the molecule is C(=C\c1ccccc1)/c1ccccc1.CC.CC.CC.CCSC. The van der Waals surface area contributed by atoms with E-state index in [2.05, 4.69) is 49.6 Å². The molecule has 1 heteroatoms. The van der Waals surface area contributed by atoms with Gasteiger partial charge in [-0.2, -0.15) is 11.8 Å². The lowest BCUT2D eigenvalue weighted by atomic mass is 10.1. The minimum absolute atomic E-state index is 1.23. The van der Waals surface area contributed by atoms with Crippen LogP contribution in [0, 0.1) is 0 Å². The first-order chi connectivity index (χ1) is 11.9. The first-order valence-electron chi connectivity index (χ1n) is 9.14. The molecule has 0 amide bonds. The molecule has 2 aromatic carbocycles. The van der Waals surface area contributed by atoms with Gasteiger partial charge in [0.1, 0.15) is 0 Å². The van der Waals surface area contributed by atoms with E-state index in [1.165, 1.54) is 16.9 Å². The molecule has 0 aliphatic heterocycles. The highest BCUT2D eigenvalue weighted by atomic mass is 32.2. The highest BCUT2D eigenvalue weighted by Gasteiger charge is 1.84. The van der Waals surface area contributed by atoms with Gasteiger partial charge in [-0.3, -0.25) is 0 Å². The van der Waals surface area contributed by atoms with Crippen molar-refractivity contribution < 1.29 is 0 Å². The molecule has 0 aromatic heterocycles. The summed E-state index contributed by atoms with van der Waals surface area (Å²) in [7, 11) is 0. The van der Waals surface area contributed by atoms with Gasteiger partial charge in [0.25, 0.3) is 0 Å². The minimum Gasteiger partial charge on any atom is -0.166 e. The zero-order valence-electron chi connectivity index (χ0n) is 17.0. The van der Waals surface area contributed by atoms with Crippen LogP contribution in [0.5, 0.6) is 0 Å². The molecule has 0 aliphatic carbocycles. The van der Waals surface area contributed by atoms with E-state index in [1.54, 1.807) is 0 Å². The van der Waals surface area contributed by atoms with Crippen LogP contribution in [-0.2, 0) is 0 Å². The summed E-state index contributed by atoms with van der Waals surface area (Å²) in [4.78, 5) is 0. The van der Waals surface area contributed by atoms with Gasteiger partial charge in [0.15, 0.2) is 0 Å². The normalized spacial score (nSPS) is 8.17. The Balaban J connectivity index is -0.000000375. The van der Waals surface area contributed by atoms with Crippen LogP contribution in [0.25, 0.3) is 12.2 Å². The maximum absolute atomic E-state index is 2.14. The summed E-state index contributed by atoms with van der Waals surface area (Å²) in [5.41, 5.74) is 2.47. The number of hydrogen-bond acceptors (Lipinski definition) is 1. The lowest BCUT2D eigenvalue weighted by molar-refractivity contribution is 1.50. The van der Waals surface area contributed by atoms with Crippen LogP contribution in [0.15, 0.2) is 60.7 Å². The molecule has 0 saturated heterocycles. The quantitative estimate of drug-likeness (QED) is 0.503. The summed E-state index contributed by atoms with van der Waals surface area (Å²) in [6, 6.07) is 20.6. The van der Waals surface area contributed by atoms with Crippen LogP contribution in [0.1, 0.15) is 59.6 Å². The highest BCUT2D eigenvalue weighted by Crippen LogP contribution is 2.06. The molecule has 0 heterocycles. The Morgan fingerprint density at radius 3 is 1.08 bits per heavy atom. The second-order valence-corrected chi connectivity index (χ2v) is 4.89. The van der Waals surface area contributed by atoms with E-state index < -0.39 is 0 Å². The summed E-state index contributed by atoms with van der Waals surface area (Å²) < 4.78 is 0. The van der Waals surface area contributed by atoms with E-state index in [9.17, 15) is 0 Å². The van der Waals surface area contributed by atoms with Crippen molar-refractivity contribution in [2.45, 2.75) is 48.5 Å². The molecule has 0 bridgehead atoms. The van der Waals surface area contributed by atoms with Gasteiger partial charge in [-0.25, -0.2) is 0 Å². The predicted octanol–water partition coefficient (Wildman–Crippen LogP) is 8.30. The van der Waals surface area contributed by atoms with Crippen LogP contribution in [0.2, 0.25) is 0 Å². The van der Waals surface area contributed by atoms with Gasteiger partial charge < -0.3 is 0 Å². The topological polar surface area (TPSA) is 0 Å². The molecule has 0 N–H and O–H groups in total. The number of rotatable bonds is 3. The third-order valence-corrected chi connectivity index (χ3v) is 2.93.